The molecule has 1 atom stereocenters. The number of nitrogens with two attached hydrogens (primary N) is 1. The second-order valence-electron chi connectivity index (χ2n) is 5.27. The topological polar surface area (TPSA) is 41.3 Å². The number of para-hydroxylation sites is 1. The van der Waals surface area contributed by atoms with E-state index >= 15 is 0 Å². The molecule has 1 unspecified atom stereocenters. The molecular weight excluding hydrogens is 210 g/mol. The summed E-state index contributed by atoms with van der Waals surface area (Å²) in [5.74, 6) is 0. The molecule has 17 heavy (non-hydrogen) atoms. The Balaban J connectivity index is 2.17. The summed E-state index contributed by atoms with van der Waals surface area (Å²) in [6.45, 7) is 5.03. The molecule has 1 aromatic rings. The van der Waals surface area contributed by atoms with Crippen molar-refractivity contribution < 1.29 is 0 Å². The smallest absolute Gasteiger partial charge is 0.0622 e. The van der Waals surface area contributed by atoms with Crippen LogP contribution in [0.4, 0.5) is 5.69 Å². The van der Waals surface area contributed by atoms with Gasteiger partial charge in [-0.2, -0.15) is 0 Å². The van der Waals surface area contributed by atoms with E-state index in [0.29, 0.717) is 6.54 Å². The van der Waals surface area contributed by atoms with Crippen molar-refractivity contribution in [3.8, 4) is 0 Å². The van der Waals surface area contributed by atoms with Gasteiger partial charge in [0.25, 0.3) is 0 Å². The average Bonchev–Trinajstić information content (AvgIpc) is 2.32. The van der Waals surface area contributed by atoms with Crippen LogP contribution in [0.25, 0.3) is 0 Å². The van der Waals surface area contributed by atoms with Crippen molar-refractivity contribution in [2.75, 3.05) is 32.0 Å². The normalized spacial score (nSPS) is 25.8. The molecule has 1 aromatic carbocycles. The fraction of sp³-hybridized carbons (Fsp3) is 0.571. The van der Waals surface area contributed by atoms with Gasteiger partial charge in [0, 0.05) is 18.8 Å². The number of likely N-dealkylation sites (N-methyl/N-ethyl adjacent to an activating group) is 1. The molecule has 1 aliphatic heterocycles. The van der Waals surface area contributed by atoms with E-state index in [1.165, 1.54) is 24.2 Å². The first-order valence-corrected chi connectivity index (χ1v) is 6.38. The van der Waals surface area contributed by atoms with Gasteiger partial charge in [-0.25, -0.2) is 0 Å². The summed E-state index contributed by atoms with van der Waals surface area (Å²) in [5.41, 5.74) is 8.55. The Morgan fingerprint density at radius 1 is 1.41 bits per heavy atom. The minimum Gasteiger partial charge on any atom is -0.377 e. The van der Waals surface area contributed by atoms with Gasteiger partial charge in [-0.1, -0.05) is 18.2 Å². The van der Waals surface area contributed by atoms with Gasteiger partial charge in [0.05, 0.1) is 5.54 Å². The highest BCUT2D eigenvalue weighted by molar-refractivity contribution is 5.52. The SMILES string of the molecule is Cc1ccccc1NC1(CN)CCCN(C)C1. The number of rotatable bonds is 3. The zero-order chi connectivity index (χ0) is 12.3. The highest BCUT2D eigenvalue weighted by atomic mass is 15.2. The van der Waals surface area contributed by atoms with Crippen molar-refractivity contribution in [1.82, 2.24) is 4.90 Å². The number of likely N-dealkylation sites (tertiary alicyclic amines) is 1. The molecule has 3 nitrogen and oxygen atoms in total. The van der Waals surface area contributed by atoms with Crippen molar-refractivity contribution in [3.05, 3.63) is 29.8 Å². The Morgan fingerprint density at radius 3 is 2.82 bits per heavy atom. The van der Waals surface area contributed by atoms with Gasteiger partial charge in [-0.05, 0) is 45.0 Å². The Morgan fingerprint density at radius 2 is 2.18 bits per heavy atom. The number of nitrogens with one attached hydrogen (secondary N) is 1. The maximum absolute atomic E-state index is 6.01. The molecule has 3 N–H and O–H groups in total. The molecule has 0 radical (unpaired) electrons. The van der Waals surface area contributed by atoms with Crippen LogP contribution in [-0.2, 0) is 0 Å². The Bertz CT molecular complexity index is 377. The van der Waals surface area contributed by atoms with Crippen molar-refractivity contribution >= 4 is 5.69 Å². The van der Waals surface area contributed by atoms with Crippen LogP contribution >= 0.6 is 0 Å². The standard InChI is InChI=1S/C14H23N3/c1-12-6-3-4-7-13(12)16-14(10-15)8-5-9-17(2)11-14/h3-4,6-7,16H,5,8-11,15H2,1-2H3. The molecule has 0 bridgehead atoms. The molecule has 1 saturated heterocycles. The van der Waals surface area contributed by atoms with E-state index < -0.39 is 0 Å². The maximum atomic E-state index is 6.01. The summed E-state index contributed by atoms with van der Waals surface area (Å²) in [7, 11) is 2.17. The molecule has 2 rings (SSSR count). The van der Waals surface area contributed by atoms with Gasteiger partial charge >= 0.3 is 0 Å². The van der Waals surface area contributed by atoms with Crippen LogP contribution in [-0.4, -0.2) is 37.1 Å². The monoisotopic (exact) mass is 233 g/mol. The van der Waals surface area contributed by atoms with Crippen LogP contribution in [0, 0.1) is 6.92 Å². The minimum atomic E-state index is 0.0408. The minimum absolute atomic E-state index is 0.0408. The Hall–Kier alpha value is -1.06. The predicted molar refractivity (Wildman–Crippen MR) is 73.3 cm³/mol. The number of hydrogen-bond acceptors (Lipinski definition) is 3. The lowest BCUT2D eigenvalue weighted by molar-refractivity contribution is 0.198. The number of nitrogens with zero attached hydrogens (tertiary/aromatic N) is 1. The molecular formula is C14H23N3. The van der Waals surface area contributed by atoms with E-state index in [0.717, 1.165) is 13.0 Å². The first-order chi connectivity index (χ1) is 8.15. The summed E-state index contributed by atoms with van der Waals surface area (Å²) >= 11 is 0. The first-order valence-electron chi connectivity index (χ1n) is 6.38. The summed E-state index contributed by atoms with van der Waals surface area (Å²) in [5, 5.41) is 3.68. The third-order valence-electron chi connectivity index (χ3n) is 3.70. The van der Waals surface area contributed by atoms with Gasteiger partial charge in [0.1, 0.15) is 0 Å². The highest BCUT2D eigenvalue weighted by Crippen LogP contribution is 2.26. The molecule has 0 amide bonds. The zero-order valence-corrected chi connectivity index (χ0v) is 10.9. The maximum Gasteiger partial charge on any atom is 0.0622 e. The van der Waals surface area contributed by atoms with Crippen molar-refractivity contribution in [2.24, 2.45) is 5.73 Å². The van der Waals surface area contributed by atoms with E-state index in [9.17, 15) is 0 Å². The van der Waals surface area contributed by atoms with Crippen LogP contribution in [0.3, 0.4) is 0 Å². The molecule has 0 aromatic heterocycles. The highest BCUT2D eigenvalue weighted by Gasteiger charge is 2.33. The lowest BCUT2D eigenvalue weighted by Gasteiger charge is -2.42. The molecule has 3 heteroatoms. The number of aryl methyl sites for hydroxylation is 1. The van der Waals surface area contributed by atoms with Gasteiger partial charge in [-0.3, -0.25) is 0 Å². The van der Waals surface area contributed by atoms with Crippen LogP contribution < -0.4 is 11.1 Å². The van der Waals surface area contributed by atoms with E-state index in [-0.39, 0.29) is 5.54 Å². The van der Waals surface area contributed by atoms with Gasteiger partial charge in [-0.15, -0.1) is 0 Å². The van der Waals surface area contributed by atoms with Crippen LogP contribution in [0.2, 0.25) is 0 Å². The first kappa shape index (κ1) is 12.4. The van der Waals surface area contributed by atoms with E-state index in [1.54, 1.807) is 0 Å². The molecule has 94 valence electrons. The molecule has 0 saturated carbocycles. The lowest BCUT2D eigenvalue weighted by Crippen LogP contribution is -2.56. The third-order valence-corrected chi connectivity index (χ3v) is 3.70. The van der Waals surface area contributed by atoms with Crippen molar-refractivity contribution in [2.45, 2.75) is 25.3 Å². The van der Waals surface area contributed by atoms with E-state index in [4.69, 9.17) is 5.73 Å². The fourth-order valence-electron chi connectivity index (χ4n) is 2.68. The van der Waals surface area contributed by atoms with Crippen LogP contribution in [0.1, 0.15) is 18.4 Å². The second-order valence-corrected chi connectivity index (χ2v) is 5.27. The number of piperidine rings is 1. The summed E-state index contributed by atoms with van der Waals surface area (Å²) in [6, 6.07) is 8.43. The number of anilines is 1. The lowest BCUT2D eigenvalue weighted by atomic mass is 9.88. The van der Waals surface area contributed by atoms with Gasteiger partial charge in [0.2, 0.25) is 0 Å². The quantitative estimate of drug-likeness (QED) is 0.837. The summed E-state index contributed by atoms with van der Waals surface area (Å²) in [4.78, 5) is 2.36. The largest absolute Gasteiger partial charge is 0.377 e. The Kier molecular flexibility index (Phi) is 3.69. The van der Waals surface area contributed by atoms with Crippen molar-refractivity contribution in [3.63, 3.8) is 0 Å². The predicted octanol–water partition coefficient (Wildman–Crippen LogP) is 1.83. The van der Waals surface area contributed by atoms with Crippen LogP contribution in [0.5, 0.6) is 0 Å². The number of benzene rings is 1. The average molecular weight is 233 g/mol. The zero-order valence-electron chi connectivity index (χ0n) is 10.9. The molecule has 1 aliphatic rings. The molecule has 1 heterocycles. The third kappa shape index (κ3) is 2.79. The fourth-order valence-corrected chi connectivity index (χ4v) is 2.68. The van der Waals surface area contributed by atoms with Crippen molar-refractivity contribution in [1.29, 1.82) is 0 Å². The van der Waals surface area contributed by atoms with E-state index in [1.807, 2.05) is 0 Å². The second kappa shape index (κ2) is 5.07. The molecule has 0 spiro atoms. The van der Waals surface area contributed by atoms with Crippen LogP contribution in [0.15, 0.2) is 24.3 Å². The summed E-state index contributed by atoms with van der Waals surface area (Å²) < 4.78 is 0. The van der Waals surface area contributed by atoms with Gasteiger partial charge < -0.3 is 16.0 Å². The molecule has 0 aliphatic carbocycles. The number of hydrogen-bond donors (Lipinski definition) is 2. The molecule has 1 fully saturated rings. The summed E-state index contributed by atoms with van der Waals surface area (Å²) in [6.07, 6.45) is 2.37. The Labute approximate surface area is 104 Å². The van der Waals surface area contributed by atoms with E-state index in [2.05, 4.69) is 48.5 Å². The van der Waals surface area contributed by atoms with Gasteiger partial charge in [0.15, 0.2) is 0 Å².